The van der Waals surface area contributed by atoms with E-state index in [1.165, 1.54) is 94.4 Å². The van der Waals surface area contributed by atoms with Gasteiger partial charge >= 0.3 is 0 Å². The molecular formula is C53H38N+. The molecule has 0 atom stereocenters. The molecule has 0 unspecified atom stereocenters. The van der Waals surface area contributed by atoms with Gasteiger partial charge in [0.1, 0.15) is 0 Å². The summed E-state index contributed by atoms with van der Waals surface area (Å²) in [6, 6.07) is 73.5. The lowest BCUT2D eigenvalue weighted by molar-refractivity contribution is -0.686. The minimum atomic E-state index is 1.00. The summed E-state index contributed by atoms with van der Waals surface area (Å²) in [5.74, 6) is 0. The molecule has 0 N–H and O–H groups in total. The number of nitrogens with zero attached hydrogens (tertiary/aromatic N) is 1. The second-order valence-electron chi connectivity index (χ2n) is 14.3. The van der Waals surface area contributed by atoms with Gasteiger partial charge in [0.25, 0.3) is 0 Å². The van der Waals surface area contributed by atoms with Crippen molar-refractivity contribution in [2.45, 2.75) is 13.0 Å². The number of rotatable bonds is 6. The zero-order chi connectivity index (χ0) is 35.8. The quantitative estimate of drug-likeness (QED) is 0.153. The molecule has 54 heavy (non-hydrogen) atoms. The van der Waals surface area contributed by atoms with E-state index in [1.807, 2.05) is 0 Å². The third-order valence-corrected chi connectivity index (χ3v) is 11.0. The maximum Gasteiger partial charge on any atom is 0.220 e. The van der Waals surface area contributed by atoms with Gasteiger partial charge in [-0.05, 0) is 132 Å². The van der Waals surface area contributed by atoms with E-state index in [0.717, 1.165) is 13.0 Å². The summed E-state index contributed by atoms with van der Waals surface area (Å²) in [6.07, 6.45) is 3.29. The van der Waals surface area contributed by atoms with Crippen LogP contribution in [0.15, 0.2) is 206 Å². The van der Waals surface area contributed by atoms with Crippen LogP contribution in [-0.4, -0.2) is 0 Å². The number of fused-ring (bicyclic) bond motifs is 5. The smallest absolute Gasteiger partial charge is 0.197 e. The van der Waals surface area contributed by atoms with E-state index < -0.39 is 0 Å². The molecule has 0 saturated heterocycles. The molecule has 0 radical (unpaired) electrons. The number of aryl methyl sites for hydroxylation is 2. The van der Waals surface area contributed by atoms with E-state index in [9.17, 15) is 0 Å². The second-order valence-corrected chi connectivity index (χ2v) is 14.3. The third-order valence-electron chi connectivity index (χ3n) is 11.0. The van der Waals surface area contributed by atoms with Crippen molar-refractivity contribution in [1.29, 1.82) is 0 Å². The summed E-state index contributed by atoms with van der Waals surface area (Å²) in [5.41, 5.74) is 18.6. The normalized spacial score (nSPS) is 11.9. The molecule has 0 fully saturated rings. The first-order chi connectivity index (χ1) is 26.7. The van der Waals surface area contributed by atoms with Crippen molar-refractivity contribution >= 4 is 10.8 Å². The van der Waals surface area contributed by atoms with Crippen LogP contribution in [0.5, 0.6) is 0 Å². The molecule has 1 nitrogen and oxygen atoms in total. The van der Waals surface area contributed by atoms with Crippen LogP contribution in [0.1, 0.15) is 5.56 Å². The van der Waals surface area contributed by atoms with Crippen molar-refractivity contribution in [2.24, 2.45) is 0 Å². The van der Waals surface area contributed by atoms with Crippen molar-refractivity contribution in [3.63, 3.8) is 0 Å². The Labute approximate surface area is 317 Å². The van der Waals surface area contributed by atoms with Gasteiger partial charge in [-0.1, -0.05) is 140 Å². The first-order valence-corrected chi connectivity index (χ1v) is 18.9. The Kier molecular flexibility index (Phi) is 8.04. The van der Waals surface area contributed by atoms with Crippen molar-refractivity contribution in [2.75, 3.05) is 0 Å². The van der Waals surface area contributed by atoms with Gasteiger partial charge in [0.05, 0.1) is 10.9 Å². The van der Waals surface area contributed by atoms with Gasteiger partial charge in [0, 0.05) is 12.5 Å². The van der Waals surface area contributed by atoms with Crippen LogP contribution in [0.4, 0.5) is 0 Å². The average molecular weight is 689 g/mol. The first-order valence-electron chi connectivity index (χ1n) is 18.9. The highest BCUT2D eigenvalue weighted by Crippen LogP contribution is 2.39. The predicted octanol–water partition coefficient (Wildman–Crippen LogP) is 13.4. The highest BCUT2D eigenvalue weighted by molar-refractivity contribution is 5.95. The highest BCUT2D eigenvalue weighted by atomic mass is 15.0. The third kappa shape index (κ3) is 6.00. The second kappa shape index (κ2) is 13.6. The van der Waals surface area contributed by atoms with Gasteiger partial charge in [-0.15, -0.1) is 0 Å². The number of benzene rings is 8. The van der Waals surface area contributed by atoms with Crippen LogP contribution in [0.3, 0.4) is 0 Å². The first kappa shape index (κ1) is 31.9. The molecule has 1 aromatic heterocycles. The van der Waals surface area contributed by atoms with E-state index in [1.54, 1.807) is 0 Å². The maximum atomic E-state index is 2.43. The van der Waals surface area contributed by atoms with Crippen LogP contribution < -0.4 is 4.57 Å². The van der Waals surface area contributed by atoms with Gasteiger partial charge in [0.15, 0.2) is 12.7 Å². The molecule has 0 bridgehead atoms. The van der Waals surface area contributed by atoms with Crippen LogP contribution in [-0.2, 0) is 13.0 Å². The number of hydrogen-bond acceptors (Lipinski definition) is 0. The molecule has 0 spiro atoms. The van der Waals surface area contributed by atoms with E-state index >= 15 is 0 Å². The molecule has 1 aliphatic heterocycles. The lowest BCUT2D eigenvalue weighted by Crippen LogP contribution is -2.40. The Balaban J connectivity index is 1.12. The van der Waals surface area contributed by atoms with Gasteiger partial charge in [-0.3, -0.25) is 0 Å². The maximum absolute atomic E-state index is 2.43. The van der Waals surface area contributed by atoms with Gasteiger partial charge in [0.2, 0.25) is 5.69 Å². The topological polar surface area (TPSA) is 3.88 Å². The standard InChI is InChI=1S/C53H38N/c1-4-13-37(14-5-1)45-30-46(38-15-6-2-7-16-38)33-49(32-45)50-34-47(39-17-8-3-9-18-39)31-48(35-50)43-21-12-20-42(29-43)44-24-23-41-26-28-54-27-25-40-19-10-11-22-51(40)53(54)52(41)36-44/h1-25,27,29-36H,26,28H2/q+1. The van der Waals surface area contributed by atoms with Crippen molar-refractivity contribution < 1.29 is 4.57 Å². The summed E-state index contributed by atoms with van der Waals surface area (Å²) in [7, 11) is 0. The summed E-state index contributed by atoms with van der Waals surface area (Å²) in [5, 5.41) is 2.59. The molecule has 9 aromatic rings. The Bertz CT molecular complexity index is 2740. The average Bonchev–Trinajstić information content (AvgIpc) is 3.26. The minimum absolute atomic E-state index is 1.00. The van der Waals surface area contributed by atoms with Crippen molar-refractivity contribution in [1.82, 2.24) is 0 Å². The molecule has 0 amide bonds. The van der Waals surface area contributed by atoms with Gasteiger partial charge in [-0.2, -0.15) is 4.57 Å². The molecule has 0 saturated carbocycles. The van der Waals surface area contributed by atoms with Crippen molar-refractivity contribution in [3.05, 3.63) is 212 Å². The van der Waals surface area contributed by atoms with Gasteiger partial charge < -0.3 is 0 Å². The molecular weight excluding hydrogens is 651 g/mol. The Morgan fingerprint density at radius 1 is 0.315 bits per heavy atom. The lowest BCUT2D eigenvalue weighted by Gasteiger charge is -2.18. The number of aromatic nitrogens is 1. The van der Waals surface area contributed by atoms with Crippen LogP contribution in [0.2, 0.25) is 0 Å². The summed E-state index contributed by atoms with van der Waals surface area (Å²) in [4.78, 5) is 0. The zero-order valence-electron chi connectivity index (χ0n) is 30.0. The molecule has 10 rings (SSSR count). The Morgan fingerprint density at radius 2 is 0.741 bits per heavy atom. The number of hydrogen-bond donors (Lipinski definition) is 0. The van der Waals surface area contributed by atoms with E-state index in [2.05, 4.69) is 211 Å². The lowest BCUT2D eigenvalue weighted by atomic mass is 9.88. The van der Waals surface area contributed by atoms with E-state index in [4.69, 9.17) is 0 Å². The van der Waals surface area contributed by atoms with Crippen LogP contribution >= 0.6 is 0 Å². The fourth-order valence-electron chi connectivity index (χ4n) is 8.20. The fraction of sp³-hybridized carbons (Fsp3) is 0.0377. The molecule has 1 aliphatic rings. The van der Waals surface area contributed by atoms with Crippen LogP contribution in [0.25, 0.3) is 88.8 Å². The summed E-state index contributed by atoms with van der Waals surface area (Å²) >= 11 is 0. The van der Waals surface area contributed by atoms with E-state index in [0.29, 0.717) is 0 Å². The highest BCUT2D eigenvalue weighted by Gasteiger charge is 2.25. The minimum Gasteiger partial charge on any atom is -0.197 e. The Morgan fingerprint density at radius 3 is 1.31 bits per heavy atom. The monoisotopic (exact) mass is 688 g/mol. The summed E-state index contributed by atoms with van der Waals surface area (Å²) in [6.45, 7) is 1.00. The summed E-state index contributed by atoms with van der Waals surface area (Å²) < 4.78 is 2.43. The van der Waals surface area contributed by atoms with Gasteiger partial charge in [-0.25, -0.2) is 0 Å². The molecule has 2 heterocycles. The largest absolute Gasteiger partial charge is 0.220 e. The molecule has 1 heteroatoms. The zero-order valence-corrected chi connectivity index (χ0v) is 30.0. The fourth-order valence-corrected chi connectivity index (χ4v) is 8.20. The molecule has 8 aromatic carbocycles. The SMILES string of the molecule is c1ccc(-c2cc(-c3ccccc3)cc(-c3cc(-c4ccccc4)cc(-c4cccc(-c5ccc6c(c5)-c5c7ccccc7cc[n+]5CC6)c4)c3)c2)cc1. The Hall–Kier alpha value is -6.83. The van der Waals surface area contributed by atoms with E-state index in [-0.39, 0.29) is 0 Å². The number of pyridine rings is 1. The molecule has 0 aliphatic carbocycles. The predicted molar refractivity (Wildman–Crippen MR) is 226 cm³/mol. The molecule has 254 valence electrons. The van der Waals surface area contributed by atoms with Crippen LogP contribution in [0, 0.1) is 0 Å². The van der Waals surface area contributed by atoms with Crippen molar-refractivity contribution in [3.8, 4) is 78.0 Å².